The molecule has 0 atom stereocenters. The van der Waals surface area contributed by atoms with E-state index in [2.05, 4.69) is 10.0 Å². The number of carboxylic acid groups (broad SMARTS) is 1. The van der Waals surface area contributed by atoms with E-state index in [1.807, 2.05) is 0 Å². The van der Waals surface area contributed by atoms with Crippen molar-refractivity contribution < 1.29 is 27.9 Å². The maximum Gasteiger partial charge on any atom is 0.341 e. The largest absolute Gasteiger partial charge is 0.480 e. The lowest BCUT2D eigenvalue weighted by atomic mass is 10.1. The molecule has 0 saturated heterocycles. The summed E-state index contributed by atoms with van der Waals surface area (Å²) in [5, 5.41) is 11.2. The van der Waals surface area contributed by atoms with E-state index in [9.17, 15) is 18.0 Å². The number of carbonyl (C=O) groups excluding carboxylic acids is 1. The minimum absolute atomic E-state index is 0.109. The second-order valence-corrected chi connectivity index (χ2v) is 7.44. The van der Waals surface area contributed by atoms with Crippen LogP contribution in [-0.2, 0) is 19.6 Å². The molecule has 1 aromatic carbocycles. The Kier molecular flexibility index (Phi) is 5.98. The number of carbonyl (C=O) groups is 2. The molecular formula is C13H17ClN2O6S. The molecule has 0 fully saturated rings. The first kappa shape index (κ1) is 19.2. The van der Waals surface area contributed by atoms with Crippen LogP contribution in [0, 0.1) is 0 Å². The van der Waals surface area contributed by atoms with Crippen molar-refractivity contribution in [2.24, 2.45) is 0 Å². The molecular weight excluding hydrogens is 348 g/mol. The number of hydrogen-bond acceptors (Lipinski definition) is 5. The Morgan fingerprint density at radius 1 is 1.35 bits per heavy atom. The lowest BCUT2D eigenvalue weighted by Crippen LogP contribution is -2.51. The van der Waals surface area contributed by atoms with Crippen molar-refractivity contribution in [3.8, 4) is 5.75 Å². The van der Waals surface area contributed by atoms with Gasteiger partial charge in [-0.05, 0) is 32.0 Å². The number of anilines is 1. The summed E-state index contributed by atoms with van der Waals surface area (Å²) in [5.41, 5.74) is -1.05. The number of amides is 1. The van der Waals surface area contributed by atoms with Crippen LogP contribution in [0.25, 0.3) is 0 Å². The molecule has 3 N–H and O–H groups in total. The Balaban J connectivity index is 2.83. The van der Waals surface area contributed by atoms with Gasteiger partial charge in [-0.3, -0.25) is 4.79 Å². The first-order chi connectivity index (χ1) is 10.4. The number of rotatable bonds is 7. The van der Waals surface area contributed by atoms with E-state index < -0.39 is 34.0 Å². The van der Waals surface area contributed by atoms with Gasteiger partial charge in [0.05, 0.1) is 11.3 Å². The number of sulfonamides is 1. The van der Waals surface area contributed by atoms with Crippen LogP contribution in [0.1, 0.15) is 13.8 Å². The van der Waals surface area contributed by atoms with Crippen molar-refractivity contribution in [3.63, 3.8) is 0 Å². The minimum atomic E-state index is -3.56. The third kappa shape index (κ3) is 6.43. The van der Waals surface area contributed by atoms with Crippen molar-refractivity contribution >= 4 is 39.2 Å². The molecule has 23 heavy (non-hydrogen) atoms. The maximum absolute atomic E-state index is 12.1. The van der Waals surface area contributed by atoms with Crippen LogP contribution in [-0.4, -0.2) is 43.8 Å². The van der Waals surface area contributed by atoms with E-state index in [4.69, 9.17) is 21.4 Å². The second-order valence-electron chi connectivity index (χ2n) is 5.28. The highest BCUT2D eigenvalue weighted by Crippen LogP contribution is 2.28. The van der Waals surface area contributed by atoms with Gasteiger partial charge in [-0.15, -0.1) is 0 Å². The fourth-order valence-electron chi connectivity index (χ4n) is 1.63. The molecule has 0 aliphatic heterocycles. The smallest absolute Gasteiger partial charge is 0.341 e. The summed E-state index contributed by atoms with van der Waals surface area (Å²) in [6.07, 6.45) is 0.952. The molecule has 1 aromatic rings. The Hall–Kier alpha value is -1.84. The standard InChI is InChI=1S/C13H17ClN2O6S/c1-13(2,16-23(3,20)21)12(19)15-8-4-5-10(9(14)6-8)22-7-11(17)18/h4-6,16H,7H2,1-3H3,(H,15,19)(H,17,18). The SMILES string of the molecule is CC(C)(NS(C)(=O)=O)C(=O)Nc1ccc(OCC(=O)O)c(Cl)c1. The van der Waals surface area contributed by atoms with Crippen LogP contribution < -0.4 is 14.8 Å². The van der Waals surface area contributed by atoms with Crippen LogP contribution in [0.5, 0.6) is 5.75 Å². The van der Waals surface area contributed by atoms with E-state index >= 15 is 0 Å². The zero-order valence-corrected chi connectivity index (χ0v) is 14.3. The molecule has 1 rings (SSSR count). The van der Waals surface area contributed by atoms with Gasteiger partial charge >= 0.3 is 5.97 Å². The van der Waals surface area contributed by atoms with Crippen molar-refractivity contribution in [2.75, 3.05) is 18.2 Å². The summed E-state index contributed by atoms with van der Waals surface area (Å²) in [6, 6.07) is 4.22. The number of halogens is 1. The summed E-state index contributed by atoms with van der Waals surface area (Å²) in [6.45, 7) is 2.28. The third-order valence-corrected chi connectivity index (χ3v) is 3.73. The highest BCUT2D eigenvalue weighted by Gasteiger charge is 2.30. The summed E-state index contributed by atoms with van der Waals surface area (Å²) in [7, 11) is -3.56. The molecule has 0 aliphatic carbocycles. The summed E-state index contributed by atoms with van der Waals surface area (Å²) >= 11 is 5.94. The van der Waals surface area contributed by atoms with Gasteiger partial charge in [0, 0.05) is 5.69 Å². The van der Waals surface area contributed by atoms with Crippen LogP contribution in [0.3, 0.4) is 0 Å². The molecule has 0 aromatic heterocycles. The number of hydrogen-bond donors (Lipinski definition) is 3. The van der Waals surface area contributed by atoms with Gasteiger partial charge in [0.25, 0.3) is 0 Å². The fraction of sp³-hybridized carbons (Fsp3) is 0.385. The van der Waals surface area contributed by atoms with Crippen LogP contribution >= 0.6 is 11.6 Å². The van der Waals surface area contributed by atoms with Gasteiger partial charge < -0.3 is 15.2 Å². The summed E-state index contributed by atoms with van der Waals surface area (Å²) in [4.78, 5) is 22.6. The number of carboxylic acids is 1. The molecule has 0 spiro atoms. The molecule has 0 aliphatic rings. The monoisotopic (exact) mass is 364 g/mol. The lowest BCUT2D eigenvalue weighted by Gasteiger charge is -2.24. The average molecular weight is 365 g/mol. The minimum Gasteiger partial charge on any atom is -0.480 e. The number of ether oxygens (including phenoxy) is 1. The summed E-state index contributed by atoms with van der Waals surface area (Å²) < 4.78 is 29.7. The van der Waals surface area contributed by atoms with Gasteiger partial charge in [-0.25, -0.2) is 17.9 Å². The van der Waals surface area contributed by atoms with Crippen molar-refractivity contribution in [1.82, 2.24) is 4.72 Å². The van der Waals surface area contributed by atoms with Crippen molar-refractivity contribution in [1.29, 1.82) is 0 Å². The third-order valence-electron chi connectivity index (χ3n) is 2.55. The van der Waals surface area contributed by atoms with E-state index in [1.54, 1.807) is 0 Å². The topological polar surface area (TPSA) is 122 Å². The zero-order chi connectivity index (χ0) is 17.8. The molecule has 0 radical (unpaired) electrons. The normalized spacial score (nSPS) is 11.8. The fourth-order valence-corrected chi connectivity index (χ4v) is 2.89. The van der Waals surface area contributed by atoms with E-state index in [0.29, 0.717) is 5.69 Å². The Bertz CT molecular complexity index is 717. The highest BCUT2D eigenvalue weighted by molar-refractivity contribution is 7.88. The van der Waals surface area contributed by atoms with Gasteiger partial charge in [0.15, 0.2) is 6.61 Å². The van der Waals surface area contributed by atoms with E-state index in [0.717, 1.165) is 6.26 Å². The Morgan fingerprint density at radius 2 is 1.96 bits per heavy atom. The quantitative estimate of drug-likeness (QED) is 0.665. The lowest BCUT2D eigenvalue weighted by molar-refractivity contribution is -0.139. The molecule has 1 amide bonds. The molecule has 128 valence electrons. The van der Waals surface area contributed by atoms with E-state index in [-0.39, 0.29) is 10.8 Å². The maximum atomic E-state index is 12.1. The Morgan fingerprint density at radius 3 is 2.43 bits per heavy atom. The molecule has 10 heteroatoms. The molecule has 0 saturated carbocycles. The molecule has 0 heterocycles. The number of benzene rings is 1. The number of nitrogens with one attached hydrogen (secondary N) is 2. The molecule has 0 unspecified atom stereocenters. The zero-order valence-electron chi connectivity index (χ0n) is 12.7. The van der Waals surface area contributed by atoms with E-state index in [1.165, 1.54) is 32.0 Å². The predicted molar refractivity (Wildman–Crippen MR) is 85.3 cm³/mol. The van der Waals surface area contributed by atoms with Crippen molar-refractivity contribution in [3.05, 3.63) is 23.2 Å². The van der Waals surface area contributed by atoms with Gasteiger partial charge in [-0.2, -0.15) is 0 Å². The molecule has 0 bridgehead atoms. The first-order valence-electron chi connectivity index (χ1n) is 6.35. The van der Waals surface area contributed by atoms with Crippen LogP contribution in [0.4, 0.5) is 5.69 Å². The van der Waals surface area contributed by atoms with Gasteiger partial charge in [0.1, 0.15) is 11.3 Å². The second kappa shape index (κ2) is 7.16. The van der Waals surface area contributed by atoms with Crippen LogP contribution in [0.15, 0.2) is 18.2 Å². The highest BCUT2D eigenvalue weighted by atomic mass is 35.5. The Labute approximate surface area is 138 Å². The number of aliphatic carboxylic acids is 1. The first-order valence-corrected chi connectivity index (χ1v) is 8.62. The predicted octanol–water partition coefficient (Wildman–Crippen LogP) is 1.07. The van der Waals surface area contributed by atoms with Crippen molar-refractivity contribution in [2.45, 2.75) is 19.4 Å². The summed E-state index contributed by atoms with van der Waals surface area (Å²) in [5.74, 6) is -1.58. The average Bonchev–Trinajstić information content (AvgIpc) is 2.34. The van der Waals surface area contributed by atoms with Crippen LogP contribution in [0.2, 0.25) is 5.02 Å². The molecule has 8 nitrogen and oxygen atoms in total. The van der Waals surface area contributed by atoms with Gasteiger partial charge in [-0.1, -0.05) is 11.6 Å². The van der Waals surface area contributed by atoms with Gasteiger partial charge in [0.2, 0.25) is 15.9 Å².